The van der Waals surface area contributed by atoms with Crippen LogP contribution >= 0.6 is 0 Å². The van der Waals surface area contributed by atoms with Gasteiger partial charge in [-0.1, -0.05) is 30.3 Å². The van der Waals surface area contributed by atoms with Gasteiger partial charge in [0.05, 0.1) is 27.4 Å². The molecule has 2 unspecified atom stereocenters. The molecule has 3 aromatic rings. The minimum absolute atomic E-state index is 0.119. The van der Waals surface area contributed by atoms with Gasteiger partial charge in [-0.15, -0.1) is 0 Å². The molecule has 2 atom stereocenters. The number of ether oxygens (including phenoxy) is 3. The molecule has 3 N–H and O–H groups in total. The zero-order valence-corrected chi connectivity index (χ0v) is 17.8. The number of aromatic hydroxyl groups is 1. The van der Waals surface area contributed by atoms with Crippen molar-refractivity contribution >= 4 is 5.70 Å². The quantitative estimate of drug-likeness (QED) is 0.551. The van der Waals surface area contributed by atoms with Crippen molar-refractivity contribution in [3.63, 3.8) is 0 Å². The summed E-state index contributed by atoms with van der Waals surface area (Å²) in [6.07, 6.45) is 1.82. The number of rotatable bonds is 6. The van der Waals surface area contributed by atoms with Crippen LogP contribution in [0.25, 0.3) is 5.70 Å². The summed E-state index contributed by atoms with van der Waals surface area (Å²) in [5.41, 5.74) is 3.64. The second kappa shape index (κ2) is 9.02. The highest BCUT2D eigenvalue weighted by atomic mass is 16.5. The fraction of sp³-hybridized carbons (Fsp3) is 0.200. The Hall–Kier alpha value is -3.64. The monoisotopic (exact) mass is 418 g/mol. The van der Waals surface area contributed by atoms with Gasteiger partial charge in [0.1, 0.15) is 17.7 Å². The Morgan fingerprint density at radius 2 is 1.42 bits per heavy atom. The second-order valence-electron chi connectivity index (χ2n) is 7.17. The topological polar surface area (TPSA) is 72.0 Å². The van der Waals surface area contributed by atoms with Crippen LogP contribution < -0.4 is 24.8 Å². The number of benzene rings is 3. The smallest absolute Gasteiger partial charge is 0.162 e. The Bertz CT molecular complexity index is 1080. The van der Waals surface area contributed by atoms with Crippen molar-refractivity contribution in [1.29, 1.82) is 0 Å². The predicted molar refractivity (Wildman–Crippen MR) is 120 cm³/mol. The third-order valence-corrected chi connectivity index (χ3v) is 5.42. The summed E-state index contributed by atoms with van der Waals surface area (Å²) < 4.78 is 16.2. The number of para-hydroxylation sites is 2. The van der Waals surface area contributed by atoms with Gasteiger partial charge < -0.3 is 24.6 Å². The summed E-state index contributed by atoms with van der Waals surface area (Å²) in [6, 6.07) is 21.0. The van der Waals surface area contributed by atoms with E-state index < -0.39 is 0 Å². The van der Waals surface area contributed by atoms with Crippen molar-refractivity contribution < 1.29 is 19.3 Å². The van der Waals surface area contributed by atoms with Crippen molar-refractivity contribution in [2.24, 2.45) is 0 Å². The molecule has 0 bridgehead atoms. The SMILES string of the molecule is COc1ccc(C2=CC(c3cccc(OC)c3O)NC(c3ccccc3OC)N2)cc1. The molecule has 0 amide bonds. The Morgan fingerprint density at radius 3 is 2.13 bits per heavy atom. The molecule has 4 rings (SSSR count). The first-order valence-corrected chi connectivity index (χ1v) is 10.0. The van der Waals surface area contributed by atoms with Crippen LogP contribution in [-0.4, -0.2) is 26.4 Å². The summed E-state index contributed by atoms with van der Waals surface area (Å²) >= 11 is 0. The van der Waals surface area contributed by atoms with E-state index in [2.05, 4.69) is 16.7 Å². The van der Waals surface area contributed by atoms with Crippen LogP contribution in [0.2, 0.25) is 0 Å². The zero-order valence-electron chi connectivity index (χ0n) is 17.8. The summed E-state index contributed by atoms with van der Waals surface area (Å²) in [5, 5.41) is 17.9. The highest BCUT2D eigenvalue weighted by Crippen LogP contribution is 2.39. The van der Waals surface area contributed by atoms with Crippen molar-refractivity contribution in [2.75, 3.05) is 21.3 Å². The van der Waals surface area contributed by atoms with Gasteiger partial charge in [-0.2, -0.15) is 0 Å². The first kappa shape index (κ1) is 20.6. The second-order valence-corrected chi connectivity index (χ2v) is 7.17. The molecule has 31 heavy (non-hydrogen) atoms. The molecular weight excluding hydrogens is 392 g/mol. The Balaban J connectivity index is 1.79. The van der Waals surface area contributed by atoms with E-state index in [4.69, 9.17) is 14.2 Å². The molecule has 0 fully saturated rings. The molecule has 1 heterocycles. The van der Waals surface area contributed by atoms with E-state index in [1.807, 2.05) is 60.7 Å². The maximum atomic E-state index is 10.8. The van der Waals surface area contributed by atoms with Gasteiger partial charge in [0.25, 0.3) is 0 Å². The minimum atomic E-state index is -0.261. The Morgan fingerprint density at radius 1 is 0.742 bits per heavy atom. The largest absolute Gasteiger partial charge is 0.504 e. The lowest BCUT2D eigenvalue weighted by atomic mass is 9.97. The van der Waals surface area contributed by atoms with E-state index in [9.17, 15) is 5.11 Å². The van der Waals surface area contributed by atoms with E-state index in [0.29, 0.717) is 5.75 Å². The predicted octanol–water partition coefficient (Wildman–Crippen LogP) is 4.39. The first-order valence-electron chi connectivity index (χ1n) is 10.0. The maximum Gasteiger partial charge on any atom is 0.162 e. The molecular formula is C25H26N2O4. The van der Waals surface area contributed by atoms with Crippen LogP contribution in [0.4, 0.5) is 0 Å². The molecule has 0 saturated heterocycles. The zero-order chi connectivity index (χ0) is 21.8. The number of phenolic OH excluding ortho intramolecular Hbond substituents is 1. The number of methoxy groups -OCH3 is 3. The highest BCUT2D eigenvalue weighted by molar-refractivity contribution is 5.68. The Labute approximate surface area is 182 Å². The van der Waals surface area contributed by atoms with E-state index >= 15 is 0 Å². The standard InChI is InChI=1S/C25H26N2O4/c1-29-17-13-11-16(12-14-17)20-15-21(18-8-6-10-23(31-3)24(18)28)27-25(26-20)19-7-4-5-9-22(19)30-2/h4-15,21,25-28H,1-3H3. The number of nitrogens with one attached hydrogen (secondary N) is 2. The lowest BCUT2D eigenvalue weighted by Crippen LogP contribution is -2.39. The molecule has 1 aliphatic heterocycles. The molecule has 0 aromatic heterocycles. The number of phenols is 1. The summed E-state index contributed by atoms with van der Waals surface area (Å²) in [7, 11) is 4.86. The lowest BCUT2D eigenvalue weighted by Gasteiger charge is -2.34. The summed E-state index contributed by atoms with van der Waals surface area (Å²) in [5.74, 6) is 2.12. The van der Waals surface area contributed by atoms with Crippen LogP contribution in [0.15, 0.2) is 72.8 Å². The Kier molecular flexibility index (Phi) is 6.00. The lowest BCUT2D eigenvalue weighted by molar-refractivity contribution is 0.359. The fourth-order valence-electron chi connectivity index (χ4n) is 3.80. The van der Waals surface area contributed by atoms with Crippen molar-refractivity contribution in [1.82, 2.24) is 10.6 Å². The van der Waals surface area contributed by atoms with Gasteiger partial charge in [-0.3, -0.25) is 5.32 Å². The van der Waals surface area contributed by atoms with Crippen molar-refractivity contribution in [3.8, 4) is 23.0 Å². The molecule has 160 valence electrons. The van der Waals surface area contributed by atoms with Crippen LogP contribution in [0.3, 0.4) is 0 Å². The average molecular weight is 418 g/mol. The van der Waals surface area contributed by atoms with Crippen molar-refractivity contribution in [2.45, 2.75) is 12.2 Å². The van der Waals surface area contributed by atoms with Gasteiger partial charge in [0.15, 0.2) is 11.5 Å². The minimum Gasteiger partial charge on any atom is -0.504 e. The van der Waals surface area contributed by atoms with Crippen LogP contribution in [0, 0.1) is 0 Å². The molecule has 1 aliphatic rings. The van der Waals surface area contributed by atoms with E-state index in [-0.39, 0.29) is 18.0 Å². The molecule has 0 saturated carbocycles. The van der Waals surface area contributed by atoms with Gasteiger partial charge in [0.2, 0.25) is 0 Å². The summed E-state index contributed by atoms with van der Waals surface area (Å²) in [6.45, 7) is 0. The molecule has 0 aliphatic carbocycles. The van der Waals surface area contributed by atoms with Gasteiger partial charge in [-0.05, 0) is 48.0 Å². The molecule has 0 radical (unpaired) electrons. The van der Waals surface area contributed by atoms with E-state index in [1.165, 1.54) is 0 Å². The van der Waals surface area contributed by atoms with Crippen LogP contribution in [0.5, 0.6) is 23.0 Å². The fourth-order valence-corrected chi connectivity index (χ4v) is 3.80. The van der Waals surface area contributed by atoms with Crippen molar-refractivity contribution in [3.05, 3.63) is 89.5 Å². The normalized spacial score (nSPS) is 18.0. The molecule has 6 nitrogen and oxygen atoms in total. The van der Waals surface area contributed by atoms with Gasteiger partial charge >= 0.3 is 0 Å². The van der Waals surface area contributed by atoms with E-state index in [1.54, 1.807) is 27.4 Å². The highest BCUT2D eigenvalue weighted by Gasteiger charge is 2.28. The third kappa shape index (κ3) is 4.15. The van der Waals surface area contributed by atoms with Gasteiger partial charge in [-0.25, -0.2) is 0 Å². The molecule has 3 aromatic carbocycles. The average Bonchev–Trinajstić information content (AvgIpc) is 2.84. The van der Waals surface area contributed by atoms with Crippen LogP contribution in [-0.2, 0) is 0 Å². The first-order chi connectivity index (χ1) is 15.1. The van der Waals surface area contributed by atoms with Gasteiger partial charge in [0, 0.05) is 16.8 Å². The number of hydrogen-bond acceptors (Lipinski definition) is 6. The van der Waals surface area contributed by atoms with Crippen LogP contribution in [0.1, 0.15) is 28.9 Å². The third-order valence-electron chi connectivity index (χ3n) is 5.42. The maximum absolute atomic E-state index is 10.8. The number of hydrogen-bond donors (Lipinski definition) is 3. The summed E-state index contributed by atoms with van der Waals surface area (Å²) in [4.78, 5) is 0. The molecule has 0 spiro atoms. The van der Waals surface area contributed by atoms with E-state index in [0.717, 1.165) is 33.9 Å². The molecule has 6 heteroatoms.